The van der Waals surface area contributed by atoms with Gasteiger partial charge < -0.3 is 19.1 Å². The van der Waals surface area contributed by atoms with E-state index >= 15 is 0 Å². The molecule has 1 atom stereocenters. The summed E-state index contributed by atoms with van der Waals surface area (Å²) in [6.07, 6.45) is 3.19. The average Bonchev–Trinajstić information content (AvgIpc) is 3.40. The smallest absolute Gasteiger partial charge is 0.262 e. The molecule has 2 amide bonds. The molecule has 40 heavy (non-hydrogen) atoms. The van der Waals surface area contributed by atoms with Crippen molar-refractivity contribution >= 4 is 17.5 Å². The number of hydrogen-bond acceptors (Lipinski definition) is 7. The van der Waals surface area contributed by atoms with Gasteiger partial charge in [-0.15, -0.1) is 0 Å². The number of carbonyl (C=O) groups is 2. The lowest BCUT2D eigenvalue weighted by atomic mass is 9.84. The van der Waals surface area contributed by atoms with E-state index < -0.39 is 6.04 Å². The molecule has 0 aromatic heterocycles. The van der Waals surface area contributed by atoms with Crippen molar-refractivity contribution in [1.82, 2.24) is 14.8 Å². The van der Waals surface area contributed by atoms with Crippen molar-refractivity contribution < 1.29 is 28.2 Å². The van der Waals surface area contributed by atoms with Gasteiger partial charge in [0.25, 0.3) is 5.91 Å². The highest BCUT2D eigenvalue weighted by Crippen LogP contribution is 2.36. The molecule has 2 aromatic rings. The van der Waals surface area contributed by atoms with Crippen molar-refractivity contribution in [1.29, 1.82) is 0 Å². The number of morpholine rings is 1. The second kappa shape index (κ2) is 12.8. The Morgan fingerprint density at radius 3 is 2.48 bits per heavy atom. The summed E-state index contributed by atoms with van der Waals surface area (Å²) in [5.41, 5.74) is 2.19. The zero-order valence-electron chi connectivity index (χ0n) is 23.2. The van der Waals surface area contributed by atoms with E-state index in [9.17, 15) is 14.0 Å². The number of amides is 2. The summed E-state index contributed by atoms with van der Waals surface area (Å²) in [6, 6.07) is 11.2. The van der Waals surface area contributed by atoms with Crippen molar-refractivity contribution in [2.75, 3.05) is 60.2 Å². The predicted octanol–water partition coefficient (Wildman–Crippen LogP) is 3.48. The van der Waals surface area contributed by atoms with Gasteiger partial charge in [0.1, 0.15) is 23.9 Å². The molecule has 0 N–H and O–H groups in total. The van der Waals surface area contributed by atoms with Gasteiger partial charge in [0.2, 0.25) is 5.91 Å². The van der Waals surface area contributed by atoms with Crippen LogP contribution in [0, 0.1) is 11.7 Å². The Hall–Kier alpha value is -3.50. The first-order chi connectivity index (χ1) is 19.5. The van der Waals surface area contributed by atoms with Gasteiger partial charge >= 0.3 is 0 Å². The second-order valence-electron chi connectivity index (χ2n) is 10.5. The fourth-order valence-corrected chi connectivity index (χ4v) is 5.39. The van der Waals surface area contributed by atoms with Gasteiger partial charge in [-0.1, -0.05) is 18.6 Å². The Bertz CT molecular complexity index is 1230. The van der Waals surface area contributed by atoms with Gasteiger partial charge in [0.05, 0.1) is 39.2 Å². The van der Waals surface area contributed by atoms with E-state index in [-0.39, 0.29) is 30.1 Å². The normalized spacial score (nSPS) is 19.6. The third-order valence-corrected chi connectivity index (χ3v) is 8.02. The van der Waals surface area contributed by atoms with Gasteiger partial charge in [-0.2, -0.15) is 5.10 Å². The molecular weight excluding hydrogens is 515 g/mol. The topological polar surface area (TPSA) is 83.9 Å². The first-order valence-corrected chi connectivity index (χ1v) is 13.9. The number of hydrogen-bond donors (Lipinski definition) is 0. The standard InChI is InChI=1S/C30H37FN4O5/c1-38-24-10-11-25(28(18-24)39-2)26-19-27(21-6-8-23(31)9-7-21)35(32-26)29(36)20-34(30(37)22-4-3-5-22)13-12-33-14-16-40-17-15-33/h6-11,18,22,27H,3-5,12-17,19-20H2,1-2H3/t27-/m0/s1. The number of rotatable bonds is 10. The summed E-state index contributed by atoms with van der Waals surface area (Å²) in [5, 5.41) is 6.23. The minimum Gasteiger partial charge on any atom is -0.497 e. The van der Waals surface area contributed by atoms with Gasteiger partial charge in [-0.25, -0.2) is 9.40 Å². The molecule has 1 saturated heterocycles. The average molecular weight is 553 g/mol. The molecule has 1 saturated carbocycles. The molecule has 5 rings (SSSR count). The minimum absolute atomic E-state index is 0.0217. The molecule has 3 aliphatic rings. The van der Waals surface area contributed by atoms with Crippen molar-refractivity contribution in [3.63, 3.8) is 0 Å². The molecule has 1 aliphatic carbocycles. The second-order valence-corrected chi connectivity index (χ2v) is 10.5. The lowest BCUT2D eigenvalue weighted by Gasteiger charge is -2.34. The molecule has 0 radical (unpaired) electrons. The maximum absolute atomic E-state index is 13.9. The molecule has 0 spiro atoms. The quantitative estimate of drug-likeness (QED) is 0.449. The predicted molar refractivity (Wildman–Crippen MR) is 148 cm³/mol. The first kappa shape index (κ1) is 28.0. The van der Waals surface area contributed by atoms with E-state index in [1.165, 1.54) is 17.1 Å². The zero-order chi connectivity index (χ0) is 28.1. The molecule has 10 heteroatoms. The van der Waals surface area contributed by atoms with Crippen LogP contribution in [0.3, 0.4) is 0 Å². The van der Waals surface area contributed by atoms with Crippen molar-refractivity contribution in [2.45, 2.75) is 31.7 Å². The van der Waals surface area contributed by atoms with E-state index in [0.29, 0.717) is 49.9 Å². The van der Waals surface area contributed by atoms with Crippen LogP contribution in [0.15, 0.2) is 47.6 Å². The number of ether oxygens (including phenoxy) is 3. The Morgan fingerprint density at radius 1 is 1.07 bits per heavy atom. The number of hydrazone groups is 1. The molecule has 0 unspecified atom stereocenters. The Labute approximate surface area is 234 Å². The van der Waals surface area contributed by atoms with Crippen LogP contribution in [0.25, 0.3) is 0 Å². The van der Waals surface area contributed by atoms with E-state index in [1.54, 1.807) is 37.3 Å². The highest BCUT2D eigenvalue weighted by molar-refractivity contribution is 6.05. The largest absolute Gasteiger partial charge is 0.497 e. The summed E-state index contributed by atoms with van der Waals surface area (Å²) in [5.74, 6) is 0.618. The highest BCUT2D eigenvalue weighted by atomic mass is 19.1. The number of methoxy groups -OCH3 is 2. The number of halogens is 1. The highest BCUT2D eigenvalue weighted by Gasteiger charge is 2.37. The lowest BCUT2D eigenvalue weighted by Crippen LogP contribution is -2.49. The molecular formula is C30H37FN4O5. The monoisotopic (exact) mass is 552 g/mol. The van der Waals surface area contributed by atoms with Crippen LogP contribution in [0.1, 0.15) is 42.9 Å². The van der Waals surface area contributed by atoms with Crippen LogP contribution in [0.5, 0.6) is 11.5 Å². The summed E-state index contributed by atoms with van der Waals surface area (Å²) in [4.78, 5) is 31.2. The molecule has 214 valence electrons. The first-order valence-electron chi connectivity index (χ1n) is 13.9. The third kappa shape index (κ3) is 6.28. The van der Waals surface area contributed by atoms with Crippen molar-refractivity contribution in [3.05, 3.63) is 59.4 Å². The Kier molecular flexibility index (Phi) is 8.96. The van der Waals surface area contributed by atoms with Crippen LogP contribution in [-0.2, 0) is 14.3 Å². The fraction of sp³-hybridized carbons (Fsp3) is 0.500. The molecule has 2 aromatic carbocycles. The molecule has 2 aliphatic heterocycles. The van der Waals surface area contributed by atoms with Crippen LogP contribution in [0.4, 0.5) is 4.39 Å². The van der Waals surface area contributed by atoms with Crippen LogP contribution >= 0.6 is 0 Å². The molecule has 2 heterocycles. The molecule has 9 nitrogen and oxygen atoms in total. The SMILES string of the molecule is COc1ccc(C2=NN(C(=O)CN(CCN3CCOCC3)C(=O)C3CCC3)[C@H](c3ccc(F)cc3)C2)c(OC)c1. The van der Waals surface area contributed by atoms with Crippen molar-refractivity contribution in [3.8, 4) is 11.5 Å². The van der Waals surface area contributed by atoms with E-state index in [1.807, 2.05) is 12.1 Å². The van der Waals surface area contributed by atoms with Gasteiger partial charge in [0, 0.05) is 50.1 Å². The third-order valence-electron chi connectivity index (χ3n) is 8.02. The maximum atomic E-state index is 13.9. The van der Waals surface area contributed by atoms with Crippen LogP contribution in [0.2, 0.25) is 0 Å². The zero-order valence-corrected chi connectivity index (χ0v) is 23.2. The molecule has 0 bridgehead atoms. The van der Waals surface area contributed by atoms with E-state index in [4.69, 9.17) is 19.3 Å². The van der Waals surface area contributed by atoms with Gasteiger partial charge in [-0.05, 0) is 42.7 Å². The van der Waals surface area contributed by atoms with Gasteiger partial charge in [-0.3, -0.25) is 14.5 Å². The summed E-state index contributed by atoms with van der Waals surface area (Å²) in [7, 11) is 3.16. The van der Waals surface area contributed by atoms with E-state index in [2.05, 4.69) is 4.90 Å². The fourth-order valence-electron chi connectivity index (χ4n) is 5.39. The number of benzene rings is 2. The molecule has 2 fully saturated rings. The lowest BCUT2D eigenvalue weighted by molar-refractivity contribution is -0.145. The maximum Gasteiger partial charge on any atom is 0.262 e. The van der Waals surface area contributed by atoms with E-state index in [0.717, 1.165) is 43.5 Å². The van der Waals surface area contributed by atoms with Crippen molar-refractivity contribution in [2.24, 2.45) is 11.0 Å². The van der Waals surface area contributed by atoms with Crippen LogP contribution < -0.4 is 9.47 Å². The van der Waals surface area contributed by atoms with Gasteiger partial charge in [0.15, 0.2) is 0 Å². The Balaban J connectivity index is 1.40. The summed E-state index contributed by atoms with van der Waals surface area (Å²) in [6.45, 7) is 4.08. The summed E-state index contributed by atoms with van der Waals surface area (Å²) < 4.78 is 30.1. The number of nitrogens with zero attached hydrogens (tertiary/aromatic N) is 4. The minimum atomic E-state index is -0.435. The Morgan fingerprint density at radius 2 is 1.82 bits per heavy atom. The summed E-state index contributed by atoms with van der Waals surface area (Å²) >= 11 is 0. The number of carbonyl (C=O) groups excluding carboxylic acids is 2. The van der Waals surface area contributed by atoms with Crippen LogP contribution in [-0.4, -0.2) is 92.5 Å².